The number of aromatic nitrogens is 2. The van der Waals surface area contributed by atoms with Crippen LogP contribution in [-0.2, 0) is 9.53 Å². The van der Waals surface area contributed by atoms with Gasteiger partial charge in [0.15, 0.2) is 12.2 Å². The Kier molecular flexibility index (Phi) is 6.17. The molecule has 0 bridgehead atoms. The minimum atomic E-state index is -4.64. The van der Waals surface area contributed by atoms with Gasteiger partial charge in [-0.3, -0.25) is 14.8 Å². The number of likely N-dealkylation sites (tertiary alicyclic amines) is 1. The van der Waals surface area contributed by atoms with E-state index in [0.717, 1.165) is 19.5 Å². The summed E-state index contributed by atoms with van der Waals surface area (Å²) >= 11 is 0. The van der Waals surface area contributed by atoms with Crippen LogP contribution in [0.1, 0.15) is 12.0 Å². The Hall–Kier alpha value is -2.97. The summed E-state index contributed by atoms with van der Waals surface area (Å²) in [5.41, 5.74) is 1.25. The minimum Gasteiger partial charge on any atom is -0.364 e. The maximum absolute atomic E-state index is 13.6. The van der Waals surface area contributed by atoms with Crippen LogP contribution in [0.15, 0.2) is 24.5 Å². The van der Waals surface area contributed by atoms with Gasteiger partial charge in [0.2, 0.25) is 0 Å². The standard InChI is InChI=1S/C21H23F3N6O2/c1-29-7-4-13(10-29)9-28-20(31)16-11-30(12-17(32-16)21(22,23)24)15-3-2-14(8-25)18-19(15)27-6-5-26-18/h2-3,5-6,13,16-17H,4,7,9-12H2,1H3,(H,28,31)/t13-,16?,17?/m0/s1. The summed E-state index contributed by atoms with van der Waals surface area (Å²) in [6.07, 6.45) is -4.31. The number of hydrogen-bond donors (Lipinski definition) is 1. The zero-order chi connectivity index (χ0) is 22.9. The van der Waals surface area contributed by atoms with E-state index in [4.69, 9.17) is 4.74 Å². The molecule has 1 amide bonds. The molecule has 1 aromatic carbocycles. The lowest BCUT2D eigenvalue weighted by molar-refractivity contribution is -0.234. The first-order chi connectivity index (χ1) is 15.3. The molecule has 32 heavy (non-hydrogen) atoms. The van der Waals surface area contributed by atoms with E-state index in [1.807, 2.05) is 13.1 Å². The molecule has 2 unspecified atom stereocenters. The Bertz CT molecular complexity index is 1040. The number of carbonyl (C=O) groups is 1. The van der Waals surface area contributed by atoms with Gasteiger partial charge < -0.3 is 19.9 Å². The van der Waals surface area contributed by atoms with Crippen LogP contribution < -0.4 is 10.2 Å². The highest BCUT2D eigenvalue weighted by molar-refractivity contribution is 5.92. The molecule has 0 radical (unpaired) electrons. The molecule has 0 aliphatic carbocycles. The van der Waals surface area contributed by atoms with Crippen LogP contribution in [0.2, 0.25) is 0 Å². The van der Waals surface area contributed by atoms with Crippen molar-refractivity contribution in [3.63, 3.8) is 0 Å². The zero-order valence-electron chi connectivity index (χ0n) is 17.5. The molecule has 3 heterocycles. The molecule has 2 saturated heterocycles. The van der Waals surface area contributed by atoms with Crippen molar-refractivity contribution in [1.82, 2.24) is 20.2 Å². The van der Waals surface area contributed by atoms with E-state index in [1.165, 1.54) is 29.4 Å². The second kappa shape index (κ2) is 8.88. The van der Waals surface area contributed by atoms with Crippen molar-refractivity contribution in [2.24, 2.45) is 5.92 Å². The van der Waals surface area contributed by atoms with Crippen LogP contribution >= 0.6 is 0 Å². The third-order valence-corrected chi connectivity index (χ3v) is 5.88. The van der Waals surface area contributed by atoms with Crippen molar-refractivity contribution in [2.75, 3.05) is 44.7 Å². The fourth-order valence-corrected chi connectivity index (χ4v) is 4.22. The number of halogens is 3. The van der Waals surface area contributed by atoms with Crippen molar-refractivity contribution in [3.8, 4) is 6.07 Å². The number of benzene rings is 1. The molecule has 1 N–H and O–H groups in total. The van der Waals surface area contributed by atoms with Gasteiger partial charge in [0, 0.05) is 25.5 Å². The monoisotopic (exact) mass is 448 g/mol. The lowest BCUT2D eigenvalue weighted by atomic mass is 10.1. The summed E-state index contributed by atoms with van der Waals surface area (Å²) in [7, 11) is 1.99. The molecule has 1 aromatic heterocycles. The summed E-state index contributed by atoms with van der Waals surface area (Å²) in [5, 5.41) is 12.1. The Morgan fingerprint density at radius 1 is 1.25 bits per heavy atom. The maximum atomic E-state index is 13.6. The van der Waals surface area contributed by atoms with Crippen LogP contribution in [0.25, 0.3) is 11.0 Å². The number of nitrogens with zero attached hydrogens (tertiary/aromatic N) is 5. The van der Waals surface area contributed by atoms with Gasteiger partial charge in [-0.2, -0.15) is 18.4 Å². The molecule has 8 nitrogen and oxygen atoms in total. The Labute approximate surface area is 183 Å². The van der Waals surface area contributed by atoms with Gasteiger partial charge >= 0.3 is 6.18 Å². The van der Waals surface area contributed by atoms with E-state index < -0.39 is 30.8 Å². The molecule has 0 spiro atoms. The van der Waals surface area contributed by atoms with Gasteiger partial charge in [-0.05, 0) is 38.1 Å². The van der Waals surface area contributed by atoms with Crippen molar-refractivity contribution in [1.29, 1.82) is 5.26 Å². The second-order valence-corrected chi connectivity index (χ2v) is 8.22. The first kappa shape index (κ1) is 22.2. The first-order valence-electron chi connectivity index (χ1n) is 10.3. The fourth-order valence-electron chi connectivity index (χ4n) is 4.22. The van der Waals surface area contributed by atoms with Crippen molar-refractivity contribution in [3.05, 3.63) is 30.1 Å². The number of fused-ring (bicyclic) bond motifs is 1. The summed E-state index contributed by atoms with van der Waals surface area (Å²) in [6.45, 7) is 1.60. The summed E-state index contributed by atoms with van der Waals surface area (Å²) in [5.74, 6) is -0.303. The van der Waals surface area contributed by atoms with E-state index in [-0.39, 0.29) is 18.0 Å². The van der Waals surface area contributed by atoms with E-state index in [2.05, 4.69) is 20.2 Å². The van der Waals surface area contributed by atoms with Crippen molar-refractivity contribution in [2.45, 2.75) is 24.8 Å². The average molecular weight is 448 g/mol. The topological polar surface area (TPSA) is 94.4 Å². The van der Waals surface area contributed by atoms with Gasteiger partial charge in [0.25, 0.3) is 5.91 Å². The molecular weight excluding hydrogens is 425 g/mol. The molecule has 2 aliphatic heterocycles. The smallest absolute Gasteiger partial charge is 0.364 e. The molecule has 4 rings (SSSR count). The number of nitrogens with one attached hydrogen (secondary N) is 1. The van der Waals surface area contributed by atoms with Gasteiger partial charge in [-0.15, -0.1) is 0 Å². The average Bonchev–Trinajstić information content (AvgIpc) is 3.20. The fraction of sp³-hybridized carbons (Fsp3) is 0.524. The minimum absolute atomic E-state index is 0.0689. The summed E-state index contributed by atoms with van der Waals surface area (Å²) < 4.78 is 46.0. The molecule has 11 heteroatoms. The first-order valence-corrected chi connectivity index (χ1v) is 10.3. The number of anilines is 1. The Balaban J connectivity index is 1.58. The van der Waals surface area contributed by atoms with Crippen molar-refractivity contribution >= 4 is 22.6 Å². The molecule has 2 fully saturated rings. The number of carbonyl (C=O) groups excluding carboxylic acids is 1. The third kappa shape index (κ3) is 4.61. The summed E-state index contributed by atoms with van der Waals surface area (Å²) in [4.78, 5) is 24.7. The number of morpholine rings is 1. The number of rotatable bonds is 4. The van der Waals surface area contributed by atoms with Gasteiger partial charge in [0.05, 0.1) is 24.3 Å². The summed E-state index contributed by atoms with van der Waals surface area (Å²) in [6, 6.07) is 5.05. The van der Waals surface area contributed by atoms with Crippen LogP contribution in [0.4, 0.5) is 18.9 Å². The van der Waals surface area contributed by atoms with E-state index >= 15 is 0 Å². The normalized spacial score (nSPS) is 24.5. The lowest BCUT2D eigenvalue weighted by Gasteiger charge is -2.39. The van der Waals surface area contributed by atoms with E-state index in [9.17, 15) is 23.2 Å². The highest BCUT2D eigenvalue weighted by Crippen LogP contribution is 2.33. The van der Waals surface area contributed by atoms with E-state index in [1.54, 1.807) is 0 Å². The van der Waals surface area contributed by atoms with Crippen LogP contribution in [0.3, 0.4) is 0 Å². The predicted octanol–water partition coefficient (Wildman–Crippen LogP) is 1.71. The Morgan fingerprint density at radius 2 is 2.00 bits per heavy atom. The molecule has 2 aliphatic rings. The molecule has 3 atom stereocenters. The Morgan fingerprint density at radius 3 is 2.66 bits per heavy atom. The quantitative estimate of drug-likeness (QED) is 0.761. The zero-order valence-corrected chi connectivity index (χ0v) is 17.5. The number of alkyl halides is 3. The van der Waals surface area contributed by atoms with Crippen molar-refractivity contribution < 1.29 is 22.7 Å². The number of ether oxygens (including phenoxy) is 1. The molecule has 2 aromatic rings. The highest BCUT2D eigenvalue weighted by Gasteiger charge is 2.47. The predicted molar refractivity (Wildman–Crippen MR) is 110 cm³/mol. The second-order valence-electron chi connectivity index (χ2n) is 8.22. The van der Waals surface area contributed by atoms with Crippen LogP contribution in [0.5, 0.6) is 0 Å². The SMILES string of the molecule is CN1CC[C@@H](CNC(=O)C2CN(c3ccc(C#N)c4nccnc34)CC(C(F)(F)F)O2)C1. The molecular formula is C21H23F3N6O2. The molecule has 170 valence electrons. The van der Waals surface area contributed by atoms with Gasteiger partial charge in [-0.25, -0.2) is 0 Å². The van der Waals surface area contributed by atoms with E-state index in [0.29, 0.717) is 23.3 Å². The number of nitriles is 1. The van der Waals surface area contributed by atoms with Crippen LogP contribution in [0, 0.1) is 17.2 Å². The van der Waals surface area contributed by atoms with Gasteiger partial charge in [-0.1, -0.05) is 0 Å². The third-order valence-electron chi connectivity index (χ3n) is 5.88. The van der Waals surface area contributed by atoms with Crippen LogP contribution in [-0.4, -0.2) is 78.9 Å². The number of amides is 1. The lowest BCUT2D eigenvalue weighted by Crippen LogP contribution is -2.57. The van der Waals surface area contributed by atoms with Gasteiger partial charge in [0.1, 0.15) is 17.1 Å². The number of hydrogen-bond acceptors (Lipinski definition) is 7. The highest BCUT2D eigenvalue weighted by atomic mass is 19.4. The largest absolute Gasteiger partial charge is 0.416 e. The maximum Gasteiger partial charge on any atom is 0.416 e. The molecule has 0 saturated carbocycles.